The number of carbonyl (C=O) groups excluding carboxylic acids is 2. The van der Waals surface area contributed by atoms with Crippen molar-refractivity contribution in [3.8, 4) is 5.75 Å². The summed E-state index contributed by atoms with van der Waals surface area (Å²) in [4.78, 5) is 29.2. The van der Waals surface area contributed by atoms with Crippen LogP contribution in [-0.2, 0) is 20.9 Å². The van der Waals surface area contributed by atoms with Crippen LogP contribution in [0, 0.1) is 11.3 Å². The summed E-state index contributed by atoms with van der Waals surface area (Å²) in [7, 11) is 1.68. The molecule has 2 N–H and O–H groups in total. The quantitative estimate of drug-likeness (QED) is 0.658. The van der Waals surface area contributed by atoms with Crippen molar-refractivity contribution in [1.82, 2.24) is 15.5 Å². The standard InChI is InChI=1S/C28H45N3O4/c1-21(2)18-25-26(32)29-22(3)20-35-17-7-5-6-12-28(27(33)30-25)13-15-31(16-14-28)19-23-8-10-24(34-4)11-9-23/h8-11,21-22,25H,5-7,12-20H2,1-4H3,(H,29,32)(H,30,33)/t22-,25+/m1/s1. The predicted octanol–water partition coefficient (Wildman–Crippen LogP) is 3.90. The molecule has 7 heteroatoms. The molecule has 2 aliphatic rings. The molecule has 2 heterocycles. The normalized spacial score (nSPS) is 25.1. The molecule has 7 nitrogen and oxygen atoms in total. The molecular weight excluding hydrogens is 442 g/mol. The Morgan fingerprint density at radius 2 is 1.77 bits per heavy atom. The first-order valence-corrected chi connectivity index (χ1v) is 13.4. The van der Waals surface area contributed by atoms with Gasteiger partial charge < -0.3 is 20.1 Å². The Morgan fingerprint density at radius 3 is 2.43 bits per heavy atom. The van der Waals surface area contributed by atoms with Gasteiger partial charge in [0.2, 0.25) is 11.8 Å². The van der Waals surface area contributed by atoms with Crippen molar-refractivity contribution in [2.75, 3.05) is 33.4 Å². The molecule has 0 aromatic heterocycles. The van der Waals surface area contributed by atoms with E-state index in [2.05, 4.69) is 41.5 Å². The smallest absolute Gasteiger partial charge is 0.242 e. The topological polar surface area (TPSA) is 79.9 Å². The highest BCUT2D eigenvalue weighted by molar-refractivity contribution is 5.90. The maximum absolute atomic E-state index is 13.8. The van der Waals surface area contributed by atoms with Crippen molar-refractivity contribution in [1.29, 1.82) is 0 Å². The number of hydrogen-bond acceptors (Lipinski definition) is 5. The molecule has 0 bridgehead atoms. The van der Waals surface area contributed by atoms with Crippen LogP contribution in [0.3, 0.4) is 0 Å². The van der Waals surface area contributed by atoms with Crippen LogP contribution in [-0.4, -0.2) is 62.2 Å². The van der Waals surface area contributed by atoms with Crippen molar-refractivity contribution >= 4 is 11.8 Å². The lowest BCUT2D eigenvalue weighted by Crippen LogP contribution is -2.56. The van der Waals surface area contributed by atoms with E-state index in [1.165, 1.54) is 5.56 Å². The number of ether oxygens (including phenoxy) is 2. The maximum atomic E-state index is 13.8. The minimum Gasteiger partial charge on any atom is -0.497 e. The molecule has 0 aliphatic carbocycles. The van der Waals surface area contributed by atoms with E-state index in [-0.39, 0.29) is 17.9 Å². The second kappa shape index (κ2) is 13.3. The van der Waals surface area contributed by atoms with Crippen LogP contribution in [0.15, 0.2) is 24.3 Å². The molecule has 2 amide bonds. The Morgan fingerprint density at radius 1 is 1.06 bits per heavy atom. The molecule has 1 aromatic rings. The Hall–Kier alpha value is -2.12. The summed E-state index contributed by atoms with van der Waals surface area (Å²) >= 11 is 0. The molecule has 2 atom stereocenters. The van der Waals surface area contributed by atoms with Crippen LogP contribution in [0.4, 0.5) is 0 Å². The van der Waals surface area contributed by atoms with Gasteiger partial charge in [0.1, 0.15) is 11.8 Å². The van der Waals surface area contributed by atoms with E-state index in [1.807, 2.05) is 19.1 Å². The van der Waals surface area contributed by atoms with Crippen molar-refractivity contribution in [2.24, 2.45) is 11.3 Å². The summed E-state index contributed by atoms with van der Waals surface area (Å²) in [5.74, 6) is 1.12. The van der Waals surface area contributed by atoms with Crippen LogP contribution in [0.1, 0.15) is 71.3 Å². The first kappa shape index (κ1) is 27.5. The van der Waals surface area contributed by atoms with E-state index in [4.69, 9.17) is 9.47 Å². The van der Waals surface area contributed by atoms with Crippen molar-refractivity contribution < 1.29 is 19.1 Å². The zero-order valence-corrected chi connectivity index (χ0v) is 22.1. The fourth-order valence-electron chi connectivity index (χ4n) is 5.22. The van der Waals surface area contributed by atoms with Gasteiger partial charge in [0.25, 0.3) is 0 Å². The van der Waals surface area contributed by atoms with Crippen molar-refractivity contribution in [3.63, 3.8) is 0 Å². The number of likely N-dealkylation sites (tertiary alicyclic amines) is 1. The summed E-state index contributed by atoms with van der Waals surface area (Å²) in [5.41, 5.74) is 0.836. The van der Waals surface area contributed by atoms with Gasteiger partial charge in [-0.1, -0.05) is 38.8 Å². The van der Waals surface area contributed by atoms with E-state index in [0.717, 1.165) is 63.9 Å². The maximum Gasteiger partial charge on any atom is 0.242 e. The molecule has 35 heavy (non-hydrogen) atoms. The zero-order chi connectivity index (χ0) is 25.3. The van der Waals surface area contributed by atoms with Gasteiger partial charge in [-0.15, -0.1) is 0 Å². The highest BCUT2D eigenvalue weighted by Gasteiger charge is 2.42. The van der Waals surface area contributed by atoms with Gasteiger partial charge in [0.05, 0.1) is 19.1 Å². The first-order valence-electron chi connectivity index (χ1n) is 13.4. The van der Waals surface area contributed by atoms with Gasteiger partial charge in [-0.2, -0.15) is 0 Å². The van der Waals surface area contributed by atoms with Crippen molar-refractivity contribution in [2.45, 2.75) is 84.3 Å². The van der Waals surface area contributed by atoms with E-state index in [1.54, 1.807) is 7.11 Å². The number of piperidine rings is 1. The number of amides is 2. The fourth-order valence-corrected chi connectivity index (χ4v) is 5.22. The summed E-state index contributed by atoms with van der Waals surface area (Å²) in [6, 6.07) is 7.62. The molecule has 2 fully saturated rings. The molecule has 2 saturated heterocycles. The summed E-state index contributed by atoms with van der Waals surface area (Å²) in [6.07, 6.45) is 6.17. The molecular formula is C28H45N3O4. The molecule has 196 valence electrons. The second-order valence-corrected chi connectivity index (χ2v) is 10.9. The monoisotopic (exact) mass is 487 g/mol. The summed E-state index contributed by atoms with van der Waals surface area (Å²) in [6.45, 7) is 9.95. The largest absolute Gasteiger partial charge is 0.497 e. The van der Waals surface area contributed by atoms with Crippen LogP contribution in [0.2, 0.25) is 0 Å². The van der Waals surface area contributed by atoms with Gasteiger partial charge in [0, 0.05) is 19.2 Å². The Labute approximate surface area is 211 Å². The minimum absolute atomic E-state index is 0.0587. The number of nitrogens with zero attached hydrogens (tertiary/aromatic N) is 1. The Bertz CT molecular complexity index is 803. The van der Waals surface area contributed by atoms with Gasteiger partial charge in [-0.3, -0.25) is 14.5 Å². The summed E-state index contributed by atoms with van der Waals surface area (Å²) < 4.78 is 11.1. The summed E-state index contributed by atoms with van der Waals surface area (Å²) in [5, 5.41) is 6.23. The Balaban J connectivity index is 1.70. The fraction of sp³-hybridized carbons (Fsp3) is 0.714. The molecule has 2 aliphatic heterocycles. The van der Waals surface area contributed by atoms with Gasteiger partial charge in [-0.25, -0.2) is 0 Å². The molecule has 0 saturated carbocycles. The van der Waals surface area contributed by atoms with E-state index in [0.29, 0.717) is 25.6 Å². The third-order valence-corrected chi connectivity index (χ3v) is 7.39. The number of hydrogen-bond donors (Lipinski definition) is 2. The van der Waals surface area contributed by atoms with E-state index < -0.39 is 11.5 Å². The number of rotatable bonds is 5. The van der Waals surface area contributed by atoms with Gasteiger partial charge >= 0.3 is 0 Å². The average Bonchev–Trinajstić information content (AvgIpc) is 2.83. The number of nitrogens with one attached hydrogen (secondary N) is 2. The van der Waals surface area contributed by atoms with Gasteiger partial charge in [-0.05, 0) is 75.7 Å². The molecule has 1 spiro atoms. The van der Waals surface area contributed by atoms with Gasteiger partial charge in [0.15, 0.2) is 0 Å². The predicted molar refractivity (Wildman–Crippen MR) is 138 cm³/mol. The number of methoxy groups -OCH3 is 1. The minimum atomic E-state index is -0.512. The number of benzene rings is 1. The van der Waals surface area contributed by atoms with Crippen molar-refractivity contribution in [3.05, 3.63) is 29.8 Å². The average molecular weight is 488 g/mol. The lowest BCUT2D eigenvalue weighted by atomic mass is 9.73. The van der Waals surface area contributed by atoms with Crippen LogP contribution in [0.5, 0.6) is 5.75 Å². The molecule has 0 unspecified atom stereocenters. The first-order chi connectivity index (χ1) is 16.8. The number of carbonyl (C=O) groups is 2. The lowest BCUT2D eigenvalue weighted by molar-refractivity contribution is -0.139. The van der Waals surface area contributed by atoms with Crippen LogP contribution >= 0.6 is 0 Å². The molecule has 1 aromatic carbocycles. The highest BCUT2D eigenvalue weighted by atomic mass is 16.5. The third kappa shape index (κ3) is 8.21. The van der Waals surface area contributed by atoms with E-state index >= 15 is 0 Å². The third-order valence-electron chi connectivity index (χ3n) is 7.39. The molecule has 3 rings (SSSR count). The molecule has 0 radical (unpaired) electrons. The lowest BCUT2D eigenvalue weighted by Gasteiger charge is -2.41. The Kier molecular flexibility index (Phi) is 10.4. The zero-order valence-electron chi connectivity index (χ0n) is 22.1. The van der Waals surface area contributed by atoms with Crippen LogP contribution in [0.25, 0.3) is 0 Å². The second-order valence-electron chi connectivity index (χ2n) is 10.9. The highest BCUT2D eigenvalue weighted by Crippen LogP contribution is 2.38. The van der Waals surface area contributed by atoms with E-state index in [9.17, 15) is 9.59 Å². The SMILES string of the molecule is COc1ccc(CN2CCC3(CCCCCOC[C@@H](C)NC(=O)[C@H](CC(C)C)NC3=O)CC2)cc1. The van der Waals surface area contributed by atoms with Crippen LogP contribution < -0.4 is 15.4 Å².